The molecule has 1 atom stereocenters. The zero-order valence-electron chi connectivity index (χ0n) is 17.4. The first-order valence-corrected chi connectivity index (χ1v) is 10.0. The molecule has 0 bridgehead atoms. The Labute approximate surface area is 184 Å². The van der Waals surface area contributed by atoms with Crippen molar-refractivity contribution in [1.29, 1.82) is 0 Å². The number of nitrogens with zero attached hydrogens (tertiary/aromatic N) is 3. The van der Waals surface area contributed by atoms with Crippen LogP contribution in [0.4, 0.5) is 15.9 Å². The molecule has 4 aromatic rings. The van der Waals surface area contributed by atoms with Crippen LogP contribution in [0.25, 0.3) is 5.69 Å². The second-order valence-corrected chi connectivity index (χ2v) is 7.27. The van der Waals surface area contributed by atoms with Gasteiger partial charge < -0.3 is 20.3 Å². The Morgan fingerprint density at radius 1 is 1.12 bits per heavy atom. The van der Waals surface area contributed by atoms with E-state index >= 15 is 0 Å². The van der Waals surface area contributed by atoms with Crippen LogP contribution in [0.2, 0.25) is 0 Å². The molecule has 0 aliphatic rings. The number of imidazole rings is 1. The van der Waals surface area contributed by atoms with Gasteiger partial charge in [-0.2, -0.15) is 0 Å². The molecular formula is C24H22FN5O2. The molecule has 0 saturated carbocycles. The molecule has 2 aromatic carbocycles. The van der Waals surface area contributed by atoms with E-state index < -0.39 is 6.04 Å². The fourth-order valence-corrected chi connectivity index (χ4v) is 3.26. The summed E-state index contributed by atoms with van der Waals surface area (Å²) in [5, 5.41) is 15.6. The summed E-state index contributed by atoms with van der Waals surface area (Å²) in [5.74, 6) is -0.127. The number of aryl methyl sites for hydroxylation is 1. The van der Waals surface area contributed by atoms with E-state index in [-0.39, 0.29) is 24.0 Å². The maximum absolute atomic E-state index is 13.1. The summed E-state index contributed by atoms with van der Waals surface area (Å²) in [7, 11) is 0. The Balaban J connectivity index is 1.52. The predicted octanol–water partition coefficient (Wildman–Crippen LogP) is 3.92. The SMILES string of the molecule is Cc1cnc(Nc2ccc(F)cc2)cc1-n1cnc(C(=O)NC(CO)c2ccccc2)c1. The van der Waals surface area contributed by atoms with Crippen LogP contribution in [0.5, 0.6) is 0 Å². The molecule has 2 aromatic heterocycles. The van der Waals surface area contributed by atoms with Crippen molar-refractivity contribution in [2.45, 2.75) is 13.0 Å². The average molecular weight is 431 g/mol. The van der Waals surface area contributed by atoms with E-state index in [0.29, 0.717) is 11.5 Å². The van der Waals surface area contributed by atoms with Crippen LogP contribution < -0.4 is 10.6 Å². The van der Waals surface area contributed by atoms with Gasteiger partial charge in [0.2, 0.25) is 0 Å². The second kappa shape index (κ2) is 9.40. The Morgan fingerprint density at radius 3 is 2.59 bits per heavy atom. The minimum atomic E-state index is -0.525. The molecular weight excluding hydrogens is 409 g/mol. The van der Waals surface area contributed by atoms with Crippen molar-refractivity contribution in [2.24, 2.45) is 0 Å². The lowest BCUT2D eigenvalue weighted by Gasteiger charge is -2.15. The number of pyridine rings is 1. The average Bonchev–Trinajstić information content (AvgIpc) is 3.31. The van der Waals surface area contributed by atoms with E-state index in [0.717, 1.165) is 16.8 Å². The number of hydrogen-bond acceptors (Lipinski definition) is 5. The van der Waals surface area contributed by atoms with Gasteiger partial charge in [-0.05, 0) is 42.3 Å². The van der Waals surface area contributed by atoms with E-state index in [1.54, 1.807) is 35.4 Å². The molecule has 0 radical (unpaired) electrons. The number of halogens is 1. The van der Waals surface area contributed by atoms with Crippen molar-refractivity contribution < 1.29 is 14.3 Å². The van der Waals surface area contributed by atoms with Gasteiger partial charge in [-0.25, -0.2) is 14.4 Å². The van der Waals surface area contributed by atoms with Gasteiger partial charge in [0, 0.05) is 24.1 Å². The fourth-order valence-electron chi connectivity index (χ4n) is 3.26. The van der Waals surface area contributed by atoms with E-state index in [4.69, 9.17) is 0 Å². The molecule has 0 aliphatic carbocycles. The van der Waals surface area contributed by atoms with E-state index in [1.165, 1.54) is 12.1 Å². The lowest BCUT2D eigenvalue weighted by atomic mass is 10.1. The number of anilines is 2. The molecule has 4 rings (SSSR count). The molecule has 1 amide bonds. The van der Waals surface area contributed by atoms with Crippen molar-refractivity contribution in [3.8, 4) is 5.69 Å². The first-order valence-electron chi connectivity index (χ1n) is 10.0. The first-order chi connectivity index (χ1) is 15.5. The third-order valence-corrected chi connectivity index (χ3v) is 4.97. The van der Waals surface area contributed by atoms with Crippen molar-refractivity contribution in [1.82, 2.24) is 19.9 Å². The molecule has 1 unspecified atom stereocenters. The standard InChI is InChI=1S/C24H22FN5O2/c1-16-12-26-23(28-19-9-7-18(25)8-10-19)11-22(16)30-13-20(27-15-30)24(32)29-21(14-31)17-5-3-2-4-6-17/h2-13,15,21,31H,14H2,1H3,(H,26,28)(H,29,32). The minimum Gasteiger partial charge on any atom is -0.394 e. The monoisotopic (exact) mass is 431 g/mol. The zero-order chi connectivity index (χ0) is 22.5. The number of aromatic nitrogens is 3. The normalized spacial score (nSPS) is 11.7. The summed E-state index contributed by atoms with van der Waals surface area (Å²) in [6, 6.07) is 16.5. The van der Waals surface area contributed by atoms with Gasteiger partial charge in [-0.1, -0.05) is 30.3 Å². The molecule has 7 nitrogen and oxygen atoms in total. The molecule has 8 heteroatoms. The van der Waals surface area contributed by atoms with Crippen molar-refractivity contribution in [3.05, 3.63) is 102 Å². The van der Waals surface area contributed by atoms with Gasteiger partial charge >= 0.3 is 0 Å². The Morgan fingerprint density at radius 2 is 1.88 bits per heavy atom. The highest BCUT2D eigenvalue weighted by Gasteiger charge is 2.17. The number of aliphatic hydroxyl groups excluding tert-OH is 1. The van der Waals surface area contributed by atoms with Crippen LogP contribution in [0.3, 0.4) is 0 Å². The quantitative estimate of drug-likeness (QED) is 0.413. The Hall–Kier alpha value is -4.04. The number of rotatable bonds is 7. The number of hydrogen-bond donors (Lipinski definition) is 3. The smallest absolute Gasteiger partial charge is 0.272 e. The summed E-state index contributed by atoms with van der Waals surface area (Å²) < 4.78 is 14.9. The predicted molar refractivity (Wildman–Crippen MR) is 120 cm³/mol. The van der Waals surface area contributed by atoms with Gasteiger partial charge in [0.15, 0.2) is 0 Å². The number of carbonyl (C=O) groups excluding carboxylic acids is 1. The third kappa shape index (κ3) is 4.81. The first kappa shape index (κ1) is 21.2. The van der Waals surface area contributed by atoms with Crippen LogP contribution in [0.1, 0.15) is 27.7 Å². The van der Waals surface area contributed by atoms with Crippen molar-refractivity contribution in [2.75, 3.05) is 11.9 Å². The highest BCUT2D eigenvalue weighted by atomic mass is 19.1. The van der Waals surface area contributed by atoms with Gasteiger partial charge in [0.1, 0.15) is 23.7 Å². The molecule has 3 N–H and O–H groups in total. The molecule has 0 fully saturated rings. The van der Waals surface area contributed by atoms with E-state index in [2.05, 4.69) is 20.6 Å². The van der Waals surface area contributed by atoms with Crippen LogP contribution >= 0.6 is 0 Å². The van der Waals surface area contributed by atoms with Gasteiger partial charge in [-0.3, -0.25) is 4.79 Å². The molecule has 0 spiro atoms. The van der Waals surface area contributed by atoms with E-state index in [1.807, 2.05) is 43.3 Å². The van der Waals surface area contributed by atoms with Crippen LogP contribution in [0, 0.1) is 12.7 Å². The summed E-state index contributed by atoms with van der Waals surface area (Å²) in [6.07, 6.45) is 4.88. The summed E-state index contributed by atoms with van der Waals surface area (Å²) in [4.78, 5) is 21.3. The topological polar surface area (TPSA) is 92.1 Å². The molecule has 32 heavy (non-hydrogen) atoms. The number of carbonyl (C=O) groups is 1. The van der Waals surface area contributed by atoms with Gasteiger partial charge in [0.25, 0.3) is 5.91 Å². The summed E-state index contributed by atoms with van der Waals surface area (Å²) >= 11 is 0. The molecule has 162 valence electrons. The third-order valence-electron chi connectivity index (χ3n) is 4.97. The van der Waals surface area contributed by atoms with Gasteiger partial charge in [0.05, 0.1) is 18.3 Å². The summed E-state index contributed by atoms with van der Waals surface area (Å²) in [5.41, 5.74) is 3.41. The largest absolute Gasteiger partial charge is 0.394 e. The maximum atomic E-state index is 13.1. The second-order valence-electron chi connectivity index (χ2n) is 7.27. The van der Waals surface area contributed by atoms with Crippen LogP contribution in [-0.2, 0) is 0 Å². The van der Waals surface area contributed by atoms with Gasteiger partial charge in [-0.15, -0.1) is 0 Å². The van der Waals surface area contributed by atoms with Crippen LogP contribution in [0.15, 0.2) is 79.4 Å². The maximum Gasteiger partial charge on any atom is 0.272 e. The lowest BCUT2D eigenvalue weighted by molar-refractivity contribution is 0.0911. The molecule has 0 aliphatic heterocycles. The van der Waals surface area contributed by atoms with Crippen molar-refractivity contribution >= 4 is 17.4 Å². The fraction of sp³-hybridized carbons (Fsp3) is 0.125. The lowest BCUT2D eigenvalue weighted by Crippen LogP contribution is -2.31. The molecule has 2 heterocycles. The van der Waals surface area contributed by atoms with Crippen LogP contribution in [-0.4, -0.2) is 32.2 Å². The number of amides is 1. The molecule has 0 saturated heterocycles. The van der Waals surface area contributed by atoms with Crippen molar-refractivity contribution in [3.63, 3.8) is 0 Å². The number of aliphatic hydroxyl groups is 1. The number of nitrogens with one attached hydrogen (secondary N) is 2. The summed E-state index contributed by atoms with van der Waals surface area (Å²) in [6.45, 7) is 1.68. The highest BCUT2D eigenvalue weighted by molar-refractivity contribution is 5.92. The highest BCUT2D eigenvalue weighted by Crippen LogP contribution is 2.21. The Kier molecular flexibility index (Phi) is 6.23. The minimum absolute atomic E-state index is 0.224. The zero-order valence-corrected chi connectivity index (χ0v) is 17.4. The Bertz CT molecular complexity index is 1210. The number of benzene rings is 2. The van der Waals surface area contributed by atoms with E-state index in [9.17, 15) is 14.3 Å².